The molecule has 0 aliphatic rings. The van der Waals surface area contributed by atoms with Crippen LogP contribution >= 0.6 is 11.3 Å². The lowest BCUT2D eigenvalue weighted by atomic mass is 10.2. The van der Waals surface area contributed by atoms with Crippen molar-refractivity contribution in [1.82, 2.24) is 9.80 Å². The maximum absolute atomic E-state index is 13.5. The van der Waals surface area contributed by atoms with Gasteiger partial charge in [-0.3, -0.25) is 4.79 Å². The summed E-state index contributed by atoms with van der Waals surface area (Å²) in [5, 5.41) is 2.89. The summed E-state index contributed by atoms with van der Waals surface area (Å²) in [6.45, 7) is 5.90. The average Bonchev–Trinajstić information content (AvgIpc) is 3.27. The maximum atomic E-state index is 13.5. The maximum Gasteiger partial charge on any atom is 0.322 e. The molecule has 0 aliphatic carbocycles. The summed E-state index contributed by atoms with van der Waals surface area (Å²) in [6, 6.07) is 20.8. The molecule has 0 saturated heterocycles. The molecule has 0 fully saturated rings. The second-order valence-corrected chi connectivity index (χ2v) is 9.39. The van der Waals surface area contributed by atoms with Crippen LogP contribution in [-0.4, -0.2) is 55.2 Å². The first-order chi connectivity index (χ1) is 17.0. The zero-order chi connectivity index (χ0) is 25.0. The Morgan fingerprint density at radius 1 is 0.943 bits per heavy atom. The number of ether oxygens (including phenoxy) is 2. The van der Waals surface area contributed by atoms with Crippen molar-refractivity contribution in [1.29, 1.82) is 0 Å². The molecule has 3 aromatic rings. The molecule has 3 amide bonds. The predicted molar refractivity (Wildman–Crippen MR) is 140 cm³/mol. The lowest BCUT2D eigenvalue weighted by molar-refractivity contribution is -0.133. The fourth-order valence-corrected chi connectivity index (χ4v) is 4.46. The highest BCUT2D eigenvalue weighted by atomic mass is 32.1. The molecule has 1 N–H and O–H groups in total. The Morgan fingerprint density at radius 2 is 1.69 bits per heavy atom. The van der Waals surface area contributed by atoms with E-state index in [4.69, 9.17) is 9.47 Å². The number of hydrogen-bond acceptors (Lipinski definition) is 5. The highest BCUT2D eigenvalue weighted by Crippen LogP contribution is 2.24. The van der Waals surface area contributed by atoms with Crippen LogP contribution in [0.1, 0.15) is 22.2 Å². The van der Waals surface area contributed by atoms with E-state index in [1.165, 1.54) is 9.78 Å². The van der Waals surface area contributed by atoms with Crippen LogP contribution in [-0.2, 0) is 22.6 Å². The number of aryl methyl sites for hydroxylation is 1. The highest BCUT2D eigenvalue weighted by Gasteiger charge is 2.23. The molecular weight excluding hydrogens is 462 g/mol. The number of hydrogen-bond donors (Lipinski definition) is 1. The van der Waals surface area contributed by atoms with E-state index in [1.807, 2.05) is 55.5 Å². The zero-order valence-corrected chi connectivity index (χ0v) is 21.3. The van der Waals surface area contributed by atoms with Crippen molar-refractivity contribution in [3.8, 4) is 5.75 Å². The van der Waals surface area contributed by atoms with Gasteiger partial charge in [-0.05, 0) is 43.7 Å². The summed E-state index contributed by atoms with van der Waals surface area (Å²) in [7, 11) is 1.57. The number of anilines is 1. The van der Waals surface area contributed by atoms with Gasteiger partial charge in [-0.2, -0.15) is 0 Å². The Bertz CT molecular complexity index is 1090. The predicted octanol–water partition coefficient (Wildman–Crippen LogP) is 5.16. The van der Waals surface area contributed by atoms with Crippen LogP contribution in [0.2, 0.25) is 0 Å². The second-order valence-electron chi connectivity index (χ2n) is 8.02. The smallest absolute Gasteiger partial charge is 0.322 e. The van der Waals surface area contributed by atoms with Crippen LogP contribution in [0.3, 0.4) is 0 Å². The summed E-state index contributed by atoms with van der Waals surface area (Å²) in [5.41, 5.74) is 1.59. The Kier molecular flexibility index (Phi) is 10.1. The van der Waals surface area contributed by atoms with E-state index < -0.39 is 0 Å². The van der Waals surface area contributed by atoms with Gasteiger partial charge in [0.25, 0.3) is 0 Å². The Hall–Kier alpha value is -3.36. The molecule has 0 unspecified atom stereocenters. The van der Waals surface area contributed by atoms with E-state index in [1.54, 1.807) is 35.5 Å². The van der Waals surface area contributed by atoms with Crippen LogP contribution in [0, 0.1) is 6.92 Å². The molecule has 0 bridgehead atoms. The van der Waals surface area contributed by atoms with Crippen LogP contribution in [0.5, 0.6) is 5.75 Å². The van der Waals surface area contributed by atoms with Crippen molar-refractivity contribution in [3.05, 3.63) is 82.0 Å². The first-order valence-corrected chi connectivity index (χ1v) is 12.5. The third kappa shape index (κ3) is 8.12. The molecule has 8 heteroatoms. The van der Waals surface area contributed by atoms with Crippen molar-refractivity contribution in [2.24, 2.45) is 0 Å². The van der Waals surface area contributed by atoms with Crippen molar-refractivity contribution in [2.75, 3.05) is 38.7 Å². The number of carbonyl (C=O) groups excluding carboxylic acids is 2. The lowest BCUT2D eigenvalue weighted by Crippen LogP contribution is -2.45. The Balaban J connectivity index is 1.76. The number of urea groups is 1. The fourth-order valence-electron chi connectivity index (χ4n) is 3.56. The number of nitrogens with zero attached hydrogens (tertiary/aromatic N) is 2. The summed E-state index contributed by atoms with van der Waals surface area (Å²) in [6.07, 6.45) is 0. The van der Waals surface area contributed by atoms with Gasteiger partial charge in [-0.15, -0.1) is 11.3 Å². The summed E-state index contributed by atoms with van der Waals surface area (Å²) >= 11 is 1.67. The molecule has 7 nitrogen and oxygen atoms in total. The van der Waals surface area contributed by atoms with Gasteiger partial charge in [-0.1, -0.05) is 42.5 Å². The van der Waals surface area contributed by atoms with Crippen LogP contribution in [0.15, 0.2) is 66.7 Å². The van der Waals surface area contributed by atoms with E-state index in [0.717, 1.165) is 10.4 Å². The van der Waals surface area contributed by atoms with E-state index in [-0.39, 0.29) is 25.0 Å². The number of thiophene rings is 1. The van der Waals surface area contributed by atoms with Gasteiger partial charge in [0.05, 0.1) is 25.4 Å². The van der Waals surface area contributed by atoms with Gasteiger partial charge in [0.15, 0.2) is 0 Å². The molecule has 1 aromatic heterocycles. The summed E-state index contributed by atoms with van der Waals surface area (Å²) in [4.78, 5) is 32.3. The van der Waals surface area contributed by atoms with Gasteiger partial charge in [0.1, 0.15) is 12.3 Å². The van der Waals surface area contributed by atoms with Crippen molar-refractivity contribution in [2.45, 2.75) is 26.9 Å². The number of amides is 3. The van der Waals surface area contributed by atoms with E-state index in [0.29, 0.717) is 37.7 Å². The van der Waals surface area contributed by atoms with Gasteiger partial charge in [0, 0.05) is 30.0 Å². The molecule has 186 valence electrons. The molecule has 0 radical (unpaired) electrons. The minimum absolute atomic E-state index is 0.0663. The lowest BCUT2D eigenvalue weighted by Gasteiger charge is -2.28. The normalized spacial score (nSPS) is 10.6. The zero-order valence-electron chi connectivity index (χ0n) is 20.5. The fraction of sp³-hybridized carbons (Fsp3) is 0.333. The third-order valence-corrected chi connectivity index (χ3v) is 6.30. The SMILES string of the molecule is CCOc1ccccc1NC(=O)N(CCOC)CC(=O)N(Cc1ccccc1)Cc1ccc(C)s1. The van der Waals surface area contributed by atoms with Gasteiger partial charge in [0.2, 0.25) is 5.91 Å². The molecule has 1 heterocycles. The Labute approximate surface area is 211 Å². The minimum atomic E-state index is -0.380. The number of para-hydroxylation sites is 2. The second kappa shape index (κ2) is 13.5. The van der Waals surface area contributed by atoms with Crippen molar-refractivity contribution < 1.29 is 19.1 Å². The van der Waals surface area contributed by atoms with Crippen molar-refractivity contribution in [3.63, 3.8) is 0 Å². The van der Waals surface area contributed by atoms with E-state index in [2.05, 4.69) is 18.3 Å². The molecule has 0 aliphatic heterocycles. The van der Waals surface area contributed by atoms with E-state index >= 15 is 0 Å². The van der Waals surface area contributed by atoms with Crippen LogP contribution < -0.4 is 10.1 Å². The molecule has 0 saturated carbocycles. The van der Waals surface area contributed by atoms with Gasteiger partial charge in [-0.25, -0.2) is 4.79 Å². The number of rotatable bonds is 12. The summed E-state index contributed by atoms with van der Waals surface area (Å²) in [5.74, 6) is 0.449. The number of nitrogens with one attached hydrogen (secondary N) is 1. The van der Waals surface area contributed by atoms with E-state index in [9.17, 15) is 9.59 Å². The number of methoxy groups -OCH3 is 1. The molecule has 0 atom stereocenters. The van der Waals surface area contributed by atoms with Gasteiger partial charge < -0.3 is 24.6 Å². The molecule has 0 spiro atoms. The van der Waals surface area contributed by atoms with Crippen molar-refractivity contribution >= 4 is 29.0 Å². The van der Waals surface area contributed by atoms with Gasteiger partial charge >= 0.3 is 6.03 Å². The molecule has 3 rings (SSSR count). The number of carbonyl (C=O) groups is 2. The quantitative estimate of drug-likeness (QED) is 0.377. The third-order valence-electron chi connectivity index (χ3n) is 5.32. The molecule has 35 heavy (non-hydrogen) atoms. The van der Waals surface area contributed by atoms with Crippen LogP contribution in [0.25, 0.3) is 0 Å². The first kappa shape index (κ1) is 26.2. The minimum Gasteiger partial charge on any atom is -0.492 e. The largest absolute Gasteiger partial charge is 0.492 e. The summed E-state index contributed by atoms with van der Waals surface area (Å²) < 4.78 is 10.8. The number of benzene rings is 2. The average molecular weight is 496 g/mol. The molecule has 2 aromatic carbocycles. The topological polar surface area (TPSA) is 71.1 Å². The standard InChI is InChI=1S/C27H33N3O4S/c1-4-34-25-13-9-8-12-24(25)28-27(32)29(16-17-33-3)20-26(31)30(18-22-10-6-5-7-11-22)19-23-15-14-21(2)35-23/h5-15H,4,16-20H2,1-3H3,(H,28,32). The highest BCUT2D eigenvalue weighted by molar-refractivity contribution is 7.11. The first-order valence-electron chi connectivity index (χ1n) is 11.6. The molecular formula is C27H33N3O4S. The van der Waals surface area contributed by atoms with Crippen LogP contribution in [0.4, 0.5) is 10.5 Å². The monoisotopic (exact) mass is 495 g/mol. The Morgan fingerprint density at radius 3 is 2.37 bits per heavy atom.